The normalized spacial score (nSPS) is 15.4. The Kier molecular flexibility index (Phi) is 4.41. The molecule has 0 spiro atoms. The van der Waals surface area contributed by atoms with E-state index in [9.17, 15) is 4.79 Å². The van der Waals surface area contributed by atoms with E-state index in [2.05, 4.69) is 51.1 Å². The molecule has 1 aromatic carbocycles. The van der Waals surface area contributed by atoms with Gasteiger partial charge in [0.25, 0.3) is 0 Å². The van der Waals surface area contributed by atoms with Crippen molar-refractivity contribution in [3.63, 3.8) is 0 Å². The first-order valence-corrected chi connectivity index (χ1v) is 7.73. The number of aromatic carboxylic acids is 1. The van der Waals surface area contributed by atoms with Gasteiger partial charge in [-0.15, -0.1) is 0 Å². The molecule has 0 unspecified atom stereocenters. The number of carboxylic acids is 1. The second-order valence-electron chi connectivity index (χ2n) is 5.73. The lowest BCUT2D eigenvalue weighted by Crippen LogP contribution is -2.43. The zero-order valence-electron chi connectivity index (χ0n) is 13.1. The van der Waals surface area contributed by atoms with Crippen LogP contribution in [-0.2, 0) is 0 Å². The van der Waals surface area contributed by atoms with Gasteiger partial charge in [0.15, 0.2) is 5.69 Å². The van der Waals surface area contributed by atoms with Crippen LogP contribution in [0.15, 0.2) is 42.7 Å². The Bertz CT molecular complexity index is 652. The highest BCUT2D eigenvalue weighted by Gasteiger charge is 2.23. The second kappa shape index (κ2) is 6.64. The van der Waals surface area contributed by atoms with Crippen molar-refractivity contribution in [2.45, 2.75) is 18.9 Å². The highest BCUT2D eigenvalue weighted by Crippen LogP contribution is 2.23. The second-order valence-corrected chi connectivity index (χ2v) is 5.73. The molecule has 1 aliphatic rings. The van der Waals surface area contributed by atoms with Gasteiger partial charge in [0, 0.05) is 31.9 Å². The number of hydrogen-bond acceptors (Lipinski definition) is 5. The molecule has 1 aliphatic heterocycles. The Balaban J connectivity index is 1.61. The van der Waals surface area contributed by atoms with Crippen molar-refractivity contribution < 1.29 is 9.90 Å². The van der Waals surface area contributed by atoms with Crippen LogP contribution >= 0.6 is 0 Å². The molecule has 1 saturated heterocycles. The molecule has 0 amide bonds. The predicted octanol–water partition coefficient (Wildman–Crippen LogP) is 2.28. The number of aromatic nitrogens is 2. The predicted molar refractivity (Wildman–Crippen MR) is 89.1 cm³/mol. The monoisotopic (exact) mass is 312 g/mol. The molecule has 1 aromatic heterocycles. The van der Waals surface area contributed by atoms with Gasteiger partial charge in [0.05, 0.1) is 12.4 Å². The van der Waals surface area contributed by atoms with Gasteiger partial charge in [-0.3, -0.25) is 0 Å². The van der Waals surface area contributed by atoms with Crippen LogP contribution in [0.3, 0.4) is 0 Å². The summed E-state index contributed by atoms with van der Waals surface area (Å²) in [6.45, 7) is 1.78. The van der Waals surface area contributed by atoms with Gasteiger partial charge in [-0.05, 0) is 25.0 Å². The smallest absolute Gasteiger partial charge is 0.356 e. The summed E-state index contributed by atoms with van der Waals surface area (Å²) in [7, 11) is 2.14. The molecular formula is C17H20N4O2. The minimum Gasteiger partial charge on any atom is -0.476 e. The summed E-state index contributed by atoms with van der Waals surface area (Å²) < 4.78 is 0. The van der Waals surface area contributed by atoms with Crippen molar-refractivity contribution in [3.8, 4) is 0 Å². The molecule has 6 nitrogen and oxygen atoms in total. The molecule has 3 rings (SSSR count). The van der Waals surface area contributed by atoms with Crippen LogP contribution in [0.2, 0.25) is 0 Å². The van der Waals surface area contributed by atoms with Gasteiger partial charge in [0.1, 0.15) is 5.82 Å². The first-order chi connectivity index (χ1) is 11.1. The minimum absolute atomic E-state index is 0.0209. The van der Waals surface area contributed by atoms with Crippen LogP contribution in [0.5, 0.6) is 0 Å². The maximum Gasteiger partial charge on any atom is 0.356 e. The number of piperidine rings is 1. The number of nitrogens with zero attached hydrogens (tertiary/aromatic N) is 4. The van der Waals surface area contributed by atoms with E-state index >= 15 is 0 Å². The Morgan fingerprint density at radius 3 is 2.43 bits per heavy atom. The van der Waals surface area contributed by atoms with Crippen molar-refractivity contribution >= 4 is 17.5 Å². The molecule has 6 heteroatoms. The minimum atomic E-state index is -1.05. The van der Waals surface area contributed by atoms with E-state index in [1.54, 1.807) is 6.20 Å². The van der Waals surface area contributed by atoms with Crippen LogP contribution in [0.1, 0.15) is 23.3 Å². The third-order valence-electron chi connectivity index (χ3n) is 4.36. The molecule has 1 fully saturated rings. The number of para-hydroxylation sites is 1. The van der Waals surface area contributed by atoms with Crippen molar-refractivity contribution in [1.82, 2.24) is 9.97 Å². The summed E-state index contributed by atoms with van der Waals surface area (Å²) in [5, 5.41) is 8.87. The van der Waals surface area contributed by atoms with Crippen molar-refractivity contribution in [2.75, 3.05) is 29.9 Å². The van der Waals surface area contributed by atoms with E-state index in [0.717, 1.165) is 31.7 Å². The van der Waals surface area contributed by atoms with Crippen LogP contribution in [0.25, 0.3) is 0 Å². The van der Waals surface area contributed by atoms with Gasteiger partial charge in [0.2, 0.25) is 0 Å². The number of carboxylic acid groups (broad SMARTS) is 1. The van der Waals surface area contributed by atoms with E-state index in [1.165, 1.54) is 11.9 Å². The zero-order valence-corrected chi connectivity index (χ0v) is 13.1. The molecule has 23 heavy (non-hydrogen) atoms. The highest BCUT2D eigenvalue weighted by molar-refractivity contribution is 5.84. The van der Waals surface area contributed by atoms with Gasteiger partial charge < -0.3 is 14.9 Å². The first kappa shape index (κ1) is 15.3. The maximum atomic E-state index is 10.8. The summed E-state index contributed by atoms with van der Waals surface area (Å²) in [6, 6.07) is 10.9. The molecule has 0 atom stereocenters. The van der Waals surface area contributed by atoms with Crippen LogP contribution in [0, 0.1) is 0 Å². The van der Waals surface area contributed by atoms with E-state index < -0.39 is 5.97 Å². The fourth-order valence-corrected chi connectivity index (χ4v) is 2.95. The lowest BCUT2D eigenvalue weighted by molar-refractivity contribution is 0.0690. The molecule has 0 bridgehead atoms. The van der Waals surface area contributed by atoms with Crippen molar-refractivity contribution in [1.29, 1.82) is 0 Å². The van der Waals surface area contributed by atoms with Crippen LogP contribution in [0.4, 0.5) is 11.5 Å². The van der Waals surface area contributed by atoms with Gasteiger partial charge in [-0.1, -0.05) is 18.2 Å². The molecule has 0 radical (unpaired) electrons. The van der Waals surface area contributed by atoms with E-state index in [-0.39, 0.29) is 5.69 Å². The summed E-state index contributed by atoms with van der Waals surface area (Å²) in [5.74, 6) is -0.303. The Labute approximate surface area is 135 Å². The van der Waals surface area contributed by atoms with Crippen LogP contribution < -0.4 is 9.80 Å². The molecule has 120 valence electrons. The molecule has 2 aromatic rings. The van der Waals surface area contributed by atoms with Gasteiger partial charge in [-0.2, -0.15) is 0 Å². The summed E-state index contributed by atoms with van der Waals surface area (Å²) in [4.78, 5) is 23.5. The first-order valence-electron chi connectivity index (χ1n) is 7.73. The van der Waals surface area contributed by atoms with E-state index in [1.807, 2.05) is 6.07 Å². The fourth-order valence-electron chi connectivity index (χ4n) is 2.95. The summed E-state index contributed by atoms with van der Waals surface area (Å²) >= 11 is 0. The zero-order chi connectivity index (χ0) is 16.2. The van der Waals surface area contributed by atoms with Crippen molar-refractivity contribution in [3.05, 3.63) is 48.4 Å². The lowest BCUT2D eigenvalue weighted by atomic mass is 10.0. The van der Waals surface area contributed by atoms with E-state index in [4.69, 9.17) is 5.11 Å². The van der Waals surface area contributed by atoms with E-state index in [0.29, 0.717) is 6.04 Å². The quantitative estimate of drug-likeness (QED) is 0.934. The standard InChI is InChI=1S/C17H20N4O2/c1-20(13-5-3-2-4-6-13)14-7-9-21(10-8-14)16-12-18-15(11-19-16)17(22)23/h2-6,11-12,14H,7-10H2,1H3,(H,22,23). The average molecular weight is 312 g/mol. The third-order valence-corrected chi connectivity index (χ3v) is 4.36. The largest absolute Gasteiger partial charge is 0.476 e. The lowest BCUT2D eigenvalue weighted by Gasteiger charge is -2.38. The topological polar surface area (TPSA) is 69.6 Å². The Morgan fingerprint density at radius 1 is 1.17 bits per heavy atom. The SMILES string of the molecule is CN(c1ccccc1)C1CCN(c2cnc(C(=O)O)cn2)CC1. The maximum absolute atomic E-state index is 10.8. The number of rotatable bonds is 4. The average Bonchev–Trinajstić information content (AvgIpc) is 2.62. The van der Waals surface area contributed by atoms with Gasteiger partial charge >= 0.3 is 5.97 Å². The number of anilines is 2. The van der Waals surface area contributed by atoms with Crippen LogP contribution in [-0.4, -0.2) is 47.2 Å². The molecule has 1 N–H and O–H groups in total. The molecular weight excluding hydrogens is 292 g/mol. The highest BCUT2D eigenvalue weighted by atomic mass is 16.4. The fraction of sp³-hybridized carbons (Fsp3) is 0.353. The Morgan fingerprint density at radius 2 is 1.87 bits per heavy atom. The Hall–Kier alpha value is -2.63. The number of carbonyl (C=O) groups is 1. The van der Waals surface area contributed by atoms with Gasteiger partial charge in [-0.25, -0.2) is 14.8 Å². The third kappa shape index (κ3) is 3.41. The summed E-state index contributed by atoms with van der Waals surface area (Å²) in [6.07, 6.45) is 4.94. The number of hydrogen-bond donors (Lipinski definition) is 1. The van der Waals surface area contributed by atoms with Crippen molar-refractivity contribution in [2.24, 2.45) is 0 Å². The molecule has 0 saturated carbocycles. The summed E-state index contributed by atoms with van der Waals surface area (Å²) in [5.41, 5.74) is 1.21. The number of benzene rings is 1. The molecule has 2 heterocycles. The molecule has 0 aliphatic carbocycles.